The van der Waals surface area contributed by atoms with E-state index in [9.17, 15) is 4.79 Å². The van der Waals surface area contributed by atoms with Crippen molar-refractivity contribution in [3.8, 4) is 11.5 Å². The van der Waals surface area contributed by atoms with Gasteiger partial charge in [0.05, 0.1) is 13.3 Å². The van der Waals surface area contributed by atoms with Crippen molar-refractivity contribution in [2.45, 2.75) is 0 Å². The zero-order valence-electron chi connectivity index (χ0n) is 11.5. The number of aromatic nitrogens is 1. The van der Waals surface area contributed by atoms with Crippen molar-refractivity contribution in [3.05, 3.63) is 54.4 Å². The van der Waals surface area contributed by atoms with E-state index >= 15 is 0 Å². The summed E-state index contributed by atoms with van der Waals surface area (Å²) in [5, 5.41) is 3.82. The summed E-state index contributed by atoms with van der Waals surface area (Å²) in [5.41, 5.74) is 3.18. The number of benzene rings is 1. The third kappa shape index (κ3) is 4.94. The molecule has 108 valence electrons. The SMILES string of the molecule is COc1ccc(OCC(=O)N/N=C/c2cccnc2)cc1. The zero-order chi connectivity index (χ0) is 14.9. The number of pyridine rings is 1. The highest BCUT2D eigenvalue weighted by atomic mass is 16.5. The van der Waals surface area contributed by atoms with E-state index in [1.54, 1.807) is 49.8 Å². The van der Waals surface area contributed by atoms with Crippen LogP contribution in [-0.4, -0.2) is 30.8 Å². The Labute approximate surface area is 122 Å². The second-order valence-corrected chi connectivity index (χ2v) is 4.04. The molecule has 0 atom stereocenters. The van der Waals surface area contributed by atoms with Crippen molar-refractivity contribution in [1.29, 1.82) is 0 Å². The van der Waals surface area contributed by atoms with Crippen LogP contribution in [0.4, 0.5) is 0 Å². The molecule has 0 aliphatic heterocycles. The minimum atomic E-state index is -0.342. The maximum atomic E-state index is 11.5. The van der Waals surface area contributed by atoms with Crippen LogP contribution in [0.5, 0.6) is 11.5 Å². The van der Waals surface area contributed by atoms with Crippen LogP contribution in [0.15, 0.2) is 53.9 Å². The Kier molecular flexibility index (Phi) is 5.28. The van der Waals surface area contributed by atoms with Crippen LogP contribution in [0, 0.1) is 0 Å². The fourth-order valence-corrected chi connectivity index (χ4v) is 1.48. The number of nitrogens with one attached hydrogen (secondary N) is 1. The Hall–Kier alpha value is -2.89. The number of carbonyl (C=O) groups excluding carboxylic acids is 1. The van der Waals surface area contributed by atoms with Crippen LogP contribution in [0.25, 0.3) is 0 Å². The van der Waals surface area contributed by atoms with Gasteiger partial charge in [0.25, 0.3) is 5.91 Å². The first kappa shape index (κ1) is 14.5. The monoisotopic (exact) mass is 285 g/mol. The number of hydrogen-bond donors (Lipinski definition) is 1. The van der Waals surface area contributed by atoms with Gasteiger partial charge in [-0.15, -0.1) is 0 Å². The average Bonchev–Trinajstić information content (AvgIpc) is 2.54. The smallest absolute Gasteiger partial charge is 0.277 e. The summed E-state index contributed by atoms with van der Waals surface area (Å²) in [6.07, 6.45) is 4.82. The Morgan fingerprint density at radius 3 is 2.71 bits per heavy atom. The van der Waals surface area contributed by atoms with Crippen molar-refractivity contribution < 1.29 is 14.3 Å². The molecule has 0 unspecified atom stereocenters. The summed E-state index contributed by atoms with van der Waals surface area (Å²) < 4.78 is 10.3. The van der Waals surface area contributed by atoms with Gasteiger partial charge in [-0.05, 0) is 30.3 Å². The number of ether oxygens (including phenoxy) is 2. The highest BCUT2D eigenvalue weighted by Crippen LogP contribution is 2.16. The summed E-state index contributed by atoms with van der Waals surface area (Å²) in [4.78, 5) is 15.5. The van der Waals surface area contributed by atoms with Gasteiger partial charge in [0.1, 0.15) is 11.5 Å². The Bertz CT molecular complexity index is 597. The molecule has 0 fully saturated rings. The second kappa shape index (κ2) is 7.64. The first-order valence-corrected chi connectivity index (χ1v) is 6.27. The largest absolute Gasteiger partial charge is 0.497 e. The Balaban J connectivity index is 1.75. The molecule has 2 aromatic rings. The quantitative estimate of drug-likeness (QED) is 0.646. The van der Waals surface area contributed by atoms with Gasteiger partial charge in [-0.1, -0.05) is 6.07 Å². The summed E-state index contributed by atoms with van der Waals surface area (Å²) in [7, 11) is 1.59. The first-order chi connectivity index (χ1) is 10.3. The second-order valence-electron chi connectivity index (χ2n) is 4.04. The topological polar surface area (TPSA) is 72.8 Å². The molecule has 0 aliphatic rings. The van der Waals surface area contributed by atoms with Crippen LogP contribution in [-0.2, 0) is 4.79 Å². The molecule has 0 radical (unpaired) electrons. The molecule has 1 heterocycles. The lowest BCUT2D eigenvalue weighted by Gasteiger charge is -2.05. The number of rotatable bonds is 6. The lowest BCUT2D eigenvalue weighted by atomic mass is 10.3. The number of hydrazone groups is 1. The van der Waals surface area contributed by atoms with Gasteiger partial charge in [0, 0.05) is 18.0 Å². The number of amides is 1. The van der Waals surface area contributed by atoms with Crippen LogP contribution >= 0.6 is 0 Å². The van der Waals surface area contributed by atoms with E-state index in [1.165, 1.54) is 6.21 Å². The van der Waals surface area contributed by atoms with Gasteiger partial charge >= 0.3 is 0 Å². The maximum absolute atomic E-state index is 11.5. The minimum Gasteiger partial charge on any atom is -0.497 e. The fraction of sp³-hybridized carbons (Fsp3) is 0.133. The summed E-state index contributed by atoms with van der Waals surface area (Å²) in [6.45, 7) is -0.114. The Morgan fingerprint density at radius 2 is 2.05 bits per heavy atom. The molecule has 0 bridgehead atoms. The molecule has 21 heavy (non-hydrogen) atoms. The van der Waals surface area contributed by atoms with Gasteiger partial charge in [-0.3, -0.25) is 9.78 Å². The first-order valence-electron chi connectivity index (χ1n) is 6.27. The molecule has 1 aromatic heterocycles. The Morgan fingerprint density at radius 1 is 1.29 bits per heavy atom. The van der Waals surface area contributed by atoms with E-state index in [0.717, 1.165) is 11.3 Å². The van der Waals surface area contributed by atoms with E-state index in [0.29, 0.717) is 5.75 Å². The van der Waals surface area contributed by atoms with E-state index in [4.69, 9.17) is 9.47 Å². The summed E-state index contributed by atoms with van der Waals surface area (Å²) >= 11 is 0. The van der Waals surface area contributed by atoms with Crippen molar-refractivity contribution in [2.24, 2.45) is 5.10 Å². The summed E-state index contributed by atoms with van der Waals surface area (Å²) in [6, 6.07) is 10.6. The minimum absolute atomic E-state index is 0.114. The van der Waals surface area contributed by atoms with Crippen molar-refractivity contribution >= 4 is 12.1 Å². The predicted molar refractivity (Wildman–Crippen MR) is 78.5 cm³/mol. The van der Waals surface area contributed by atoms with Crippen LogP contribution in [0.1, 0.15) is 5.56 Å². The van der Waals surface area contributed by atoms with Gasteiger partial charge in [-0.25, -0.2) is 5.43 Å². The predicted octanol–water partition coefficient (Wildman–Crippen LogP) is 1.62. The third-order valence-corrected chi connectivity index (χ3v) is 2.52. The third-order valence-electron chi connectivity index (χ3n) is 2.52. The fourth-order valence-electron chi connectivity index (χ4n) is 1.48. The van der Waals surface area contributed by atoms with Gasteiger partial charge in [0.2, 0.25) is 0 Å². The highest BCUT2D eigenvalue weighted by Gasteiger charge is 2.01. The molecule has 2 rings (SSSR count). The zero-order valence-corrected chi connectivity index (χ0v) is 11.5. The lowest BCUT2D eigenvalue weighted by molar-refractivity contribution is -0.123. The lowest BCUT2D eigenvalue weighted by Crippen LogP contribution is -2.24. The van der Waals surface area contributed by atoms with Crippen LogP contribution < -0.4 is 14.9 Å². The molecule has 0 saturated heterocycles. The summed E-state index contributed by atoms with van der Waals surface area (Å²) in [5.74, 6) is 0.973. The van der Waals surface area contributed by atoms with Crippen molar-refractivity contribution in [3.63, 3.8) is 0 Å². The molecule has 1 N–H and O–H groups in total. The molecule has 1 amide bonds. The highest BCUT2D eigenvalue weighted by molar-refractivity contribution is 5.82. The van der Waals surface area contributed by atoms with Gasteiger partial charge in [-0.2, -0.15) is 5.10 Å². The van der Waals surface area contributed by atoms with E-state index < -0.39 is 0 Å². The standard InChI is InChI=1S/C15H15N3O3/c1-20-13-4-6-14(7-5-13)21-11-15(19)18-17-10-12-3-2-8-16-9-12/h2-10H,11H2,1H3,(H,18,19)/b17-10+. The molecule has 6 heteroatoms. The number of methoxy groups -OCH3 is 1. The average molecular weight is 285 g/mol. The number of carbonyl (C=O) groups is 1. The number of hydrogen-bond acceptors (Lipinski definition) is 5. The molecule has 1 aromatic carbocycles. The van der Waals surface area contributed by atoms with E-state index in [-0.39, 0.29) is 12.5 Å². The van der Waals surface area contributed by atoms with E-state index in [2.05, 4.69) is 15.5 Å². The number of nitrogens with zero attached hydrogens (tertiary/aromatic N) is 2. The molecular weight excluding hydrogens is 270 g/mol. The van der Waals surface area contributed by atoms with Crippen molar-refractivity contribution in [1.82, 2.24) is 10.4 Å². The normalized spacial score (nSPS) is 10.3. The molecule has 6 nitrogen and oxygen atoms in total. The van der Waals surface area contributed by atoms with Crippen LogP contribution in [0.2, 0.25) is 0 Å². The van der Waals surface area contributed by atoms with Crippen molar-refractivity contribution in [2.75, 3.05) is 13.7 Å². The van der Waals surface area contributed by atoms with Crippen LogP contribution in [0.3, 0.4) is 0 Å². The molecule has 0 spiro atoms. The molecule has 0 saturated carbocycles. The van der Waals surface area contributed by atoms with Gasteiger partial charge < -0.3 is 9.47 Å². The van der Waals surface area contributed by atoms with Gasteiger partial charge in [0.15, 0.2) is 6.61 Å². The van der Waals surface area contributed by atoms with E-state index in [1.807, 2.05) is 6.07 Å². The molecular formula is C15H15N3O3. The molecule has 0 aliphatic carbocycles. The maximum Gasteiger partial charge on any atom is 0.277 e.